The van der Waals surface area contributed by atoms with Crippen molar-refractivity contribution in [3.63, 3.8) is 0 Å². The van der Waals surface area contributed by atoms with E-state index >= 15 is 0 Å². The summed E-state index contributed by atoms with van der Waals surface area (Å²) in [5, 5.41) is 7.18. The molecule has 1 fully saturated rings. The number of nitrogens with zero attached hydrogens (tertiary/aromatic N) is 2. The molecule has 1 saturated heterocycles. The lowest BCUT2D eigenvalue weighted by Gasteiger charge is -2.46. The van der Waals surface area contributed by atoms with E-state index in [1.165, 1.54) is 0 Å². The van der Waals surface area contributed by atoms with Gasteiger partial charge in [-0.1, -0.05) is 0 Å². The van der Waals surface area contributed by atoms with E-state index in [4.69, 9.17) is 0 Å². The maximum atomic E-state index is 4.23. The lowest BCUT2D eigenvalue weighted by Crippen LogP contribution is -2.60. The Labute approximate surface area is 103 Å². The first-order valence-corrected chi connectivity index (χ1v) is 6.18. The van der Waals surface area contributed by atoms with Gasteiger partial charge in [0.05, 0.1) is 0 Å². The summed E-state index contributed by atoms with van der Waals surface area (Å²) in [5.74, 6) is 0.915. The van der Waals surface area contributed by atoms with Crippen LogP contribution in [-0.2, 0) is 0 Å². The largest absolute Gasteiger partial charge is 0.367 e. The number of hydrogen-bond donors (Lipinski definition) is 2. The molecule has 0 radical (unpaired) electrons. The van der Waals surface area contributed by atoms with Crippen LogP contribution in [0.3, 0.4) is 0 Å². The molecule has 1 aromatic heterocycles. The smallest absolute Gasteiger partial charge is 0.129 e. The topological polar surface area (TPSA) is 49.8 Å². The molecule has 0 aromatic carbocycles. The van der Waals surface area contributed by atoms with Gasteiger partial charge in [-0.3, -0.25) is 0 Å². The molecule has 0 aliphatic carbocycles. The number of nitrogens with one attached hydrogen (secondary N) is 2. The average molecular weight is 234 g/mol. The summed E-state index contributed by atoms with van der Waals surface area (Å²) in [5.41, 5.74) is 0.318. The van der Waals surface area contributed by atoms with E-state index < -0.39 is 0 Å². The lowest BCUT2D eigenvalue weighted by atomic mass is 9.79. The fourth-order valence-corrected chi connectivity index (χ4v) is 3.01. The van der Waals surface area contributed by atoms with Gasteiger partial charge >= 0.3 is 0 Å². The minimum Gasteiger partial charge on any atom is -0.367 e. The summed E-state index contributed by atoms with van der Waals surface area (Å²) in [6.45, 7) is 9.01. The zero-order chi connectivity index (χ0) is 12.5. The molecular formula is C13H22N4. The van der Waals surface area contributed by atoms with E-state index in [-0.39, 0.29) is 11.1 Å². The Bertz CT molecular complexity index is 356. The fourth-order valence-electron chi connectivity index (χ4n) is 3.01. The highest BCUT2D eigenvalue weighted by Crippen LogP contribution is 2.29. The molecular weight excluding hydrogens is 212 g/mol. The third-order valence-electron chi connectivity index (χ3n) is 3.12. The molecule has 0 spiro atoms. The van der Waals surface area contributed by atoms with Crippen molar-refractivity contribution < 1.29 is 0 Å². The summed E-state index contributed by atoms with van der Waals surface area (Å²) in [4.78, 5) is 8.16. The van der Waals surface area contributed by atoms with E-state index in [0.717, 1.165) is 18.7 Å². The van der Waals surface area contributed by atoms with Crippen LogP contribution in [0.1, 0.15) is 40.5 Å². The van der Waals surface area contributed by atoms with Gasteiger partial charge in [-0.2, -0.15) is 0 Å². The van der Waals surface area contributed by atoms with Gasteiger partial charge in [0.15, 0.2) is 0 Å². The van der Waals surface area contributed by atoms with Gasteiger partial charge < -0.3 is 10.6 Å². The maximum absolute atomic E-state index is 4.23. The second-order valence-electron chi connectivity index (χ2n) is 6.24. The maximum Gasteiger partial charge on any atom is 0.129 e. The minimum absolute atomic E-state index is 0.159. The minimum atomic E-state index is 0.159. The van der Waals surface area contributed by atoms with E-state index in [0.29, 0.717) is 6.04 Å². The first-order valence-electron chi connectivity index (χ1n) is 6.18. The van der Waals surface area contributed by atoms with Gasteiger partial charge in [-0.05, 0) is 46.6 Å². The molecule has 0 saturated carbocycles. The van der Waals surface area contributed by atoms with E-state index in [1.807, 2.05) is 6.07 Å². The third-order valence-corrected chi connectivity index (χ3v) is 3.12. The number of rotatable bonds is 2. The predicted molar refractivity (Wildman–Crippen MR) is 70.0 cm³/mol. The summed E-state index contributed by atoms with van der Waals surface area (Å²) in [6, 6.07) is 2.37. The highest BCUT2D eigenvalue weighted by atomic mass is 15.1. The molecule has 0 atom stereocenters. The summed E-state index contributed by atoms with van der Waals surface area (Å²) >= 11 is 0. The average Bonchev–Trinajstić information content (AvgIpc) is 2.13. The third kappa shape index (κ3) is 3.40. The van der Waals surface area contributed by atoms with Crippen LogP contribution in [0.5, 0.6) is 0 Å². The van der Waals surface area contributed by atoms with Crippen LogP contribution >= 0.6 is 0 Å². The summed E-state index contributed by atoms with van der Waals surface area (Å²) < 4.78 is 0. The number of hydrogen-bond acceptors (Lipinski definition) is 4. The normalized spacial score (nSPS) is 23.3. The number of aromatic nitrogens is 2. The van der Waals surface area contributed by atoms with E-state index in [2.05, 4.69) is 48.3 Å². The predicted octanol–water partition coefficient (Wildman–Crippen LogP) is 2.20. The van der Waals surface area contributed by atoms with Crippen molar-refractivity contribution >= 4 is 5.82 Å². The van der Waals surface area contributed by atoms with Crippen molar-refractivity contribution in [2.45, 2.75) is 57.7 Å². The molecule has 4 heteroatoms. The molecule has 17 heavy (non-hydrogen) atoms. The van der Waals surface area contributed by atoms with Crippen LogP contribution in [0.25, 0.3) is 0 Å². The van der Waals surface area contributed by atoms with E-state index in [1.54, 1.807) is 12.5 Å². The molecule has 1 aromatic rings. The molecule has 2 rings (SSSR count). The zero-order valence-electron chi connectivity index (χ0n) is 11.1. The van der Waals surface area contributed by atoms with Crippen LogP contribution in [0.15, 0.2) is 18.6 Å². The van der Waals surface area contributed by atoms with Crippen molar-refractivity contribution in [2.24, 2.45) is 0 Å². The van der Waals surface area contributed by atoms with Crippen molar-refractivity contribution in [3.05, 3.63) is 18.6 Å². The zero-order valence-corrected chi connectivity index (χ0v) is 11.1. The molecule has 0 bridgehead atoms. The lowest BCUT2D eigenvalue weighted by molar-refractivity contribution is 0.170. The van der Waals surface area contributed by atoms with Crippen molar-refractivity contribution in [2.75, 3.05) is 5.32 Å². The standard InChI is InChI=1S/C13H22N4/c1-12(2)7-10(8-13(3,4)17-12)16-11-5-6-14-9-15-11/h5-6,9-10,17H,7-8H2,1-4H3,(H,14,15,16). The second kappa shape index (κ2) is 4.26. The highest BCUT2D eigenvalue weighted by molar-refractivity contribution is 5.33. The van der Waals surface area contributed by atoms with Crippen LogP contribution in [-0.4, -0.2) is 27.1 Å². The van der Waals surface area contributed by atoms with Gasteiger partial charge in [-0.25, -0.2) is 9.97 Å². The molecule has 4 nitrogen and oxygen atoms in total. The molecule has 0 unspecified atom stereocenters. The first-order chi connectivity index (χ1) is 7.86. The molecule has 2 N–H and O–H groups in total. The Hall–Kier alpha value is -1.16. The Morgan fingerprint density at radius 3 is 2.41 bits per heavy atom. The molecule has 1 aliphatic heterocycles. The SMILES string of the molecule is CC1(C)CC(Nc2ccncn2)CC(C)(C)N1. The molecule has 94 valence electrons. The molecule has 1 aliphatic rings. The van der Waals surface area contributed by atoms with Crippen LogP contribution in [0.4, 0.5) is 5.82 Å². The Morgan fingerprint density at radius 1 is 1.24 bits per heavy atom. The highest BCUT2D eigenvalue weighted by Gasteiger charge is 2.37. The second-order valence-corrected chi connectivity index (χ2v) is 6.24. The van der Waals surface area contributed by atoms with Gasteiger partial charge in [0.2, 0.25) is 0 Å². The Balaban J connectivity index is 2.06. The van der Waals surface area contributed by atoms with Crippen molar-refractivity contribution in [3.8, 4) is 0 Å². The quantitative estimate of drug-likeness (QED) is 0.823. The molecule has 2 heterocycles. The van der Waals surface area contributed by atoms with Gasteiger partial charge in [0.25, 0.3) is 0 Å². The number of piperidine rings is 1. The summed E-state index contributed by atoms with van der Waals surface area (Å²) in [7, 11) is 0. The van der Waals surface area contributed by atoms with Gasteiger partial charge in [-0.15, -0.1) is 0 Å². The van der Waals surface area contributed by atoms with Crippen LogP contribution < -0.4 is 10.6 Å². The first kappa shape index (κ1) is 12.3. The number of anilines is 1. The van der Waals surface area contributed by atoms with Crippen LogP contribution in [0, 0.1) is 0 Å². The van der Waals surface area contributed by atoms with Crippen molar-refractivity contribution in [1.29, 1.82) is 0 Å². The Kier molecular flexibility index (Phi) is 3.08. The van der Waals surface area contributed by atoms with Crippen LogP contribution in [0.2, 0.25) is 0 Å². The van der Waals surface area contributed by atoms with Crippen molar-refractivity contribution in [1.82, 2.24) is 15.3 Å². The molecule has 0 amide bonds. The monoisotopic (exact) mass is 234 g/mol. The van der Waals surface area contributed by atoms with E-state index in [9.17, 15) is 0 Å². The van der Waals surface area contributed by atoms with Gasteiger partial charge in [0.1, 0.15) is 12.1 Å². The summed E-state index contributed by atoms with van der Waals surface area (Å²) in [6.07, 6.45) is 5.55. The Morgan fingerprint density at radius 2 is 1.88 bits per heavy atom. The van der Waals surface area contributed by atoms with Gasteiger partial charge in [0, 0.05) is 23.3 Å². The fraction of sp³-hybridized carbons (Fsp3) is 0.692.